The van der Waals surface area contributed by atoms with Crippen molar-refractivity contribution in [2.75, 3.05) is 0 Å². The average molecular weight is 263 g/mol. The first-order chi connectivity index (χ1) is 9.84. The second-order valence-electron chi connectivity index (χ2n) is 4.84. The van der Waals surface area contributed by atoms with Crippen LogP contribution in [0.3, 0.4) is 0 Å². The first kappa shape index (κ1) is 12.8. The number of hydrogen-bond acceptors (Lipinski definition) is 3. The van der Waals surface area contributed by atoms with Crippen molar-refractivity contribution < 1.29 is 0 Å². The second kappa shape index (κ2) is 5.80. The Morgan fingerprint density at radius 2 is 1.80 bits per heavy atom. The molecule has 1 atom stereocenters. The van der Waals surface area contributed by atoms with E-state index >= 15 is 0 Å². The number of aromatic nitrogens is 2. The van der Waals surface area contributed by atoms with E-state index in [0.717, 1.165) is 17.8 Å². The highest BCUT2D eigenvalue weighted by molar-refractivity contribution is 5.81. The third kappa shape index (κ3) is 2.68. The van der Waals surface area contributed by atoms with E-state index < -0.39 is 0 Å². The zero-order chi connectivity index (χ0) is 13.8. The zero-order valence-corrected chi connectivity index (χ0v) is 11.5. The minimum Gasteiger partial charge on any atom is -0.305 e. The Bertz CT molecular complexity index is 689. The third-order valence-corrected chi connectivity index (χ3v) is 3.47. The summed E-state index contributed by atoms with van der Waals surface area (Å²) in [4.78, 5) is 8.77. The van der Waals surface area contributed by atoms with E-state index in [2.05, 4.69) is 40.4 Å². The topological polar surface area (TPSA) is 37.8 Å². The molecule has 0 saturated carbocycles. The fourth-order valence-corrected chi connectivity index (χ4v) is 2.31. The first-order valence-electron chi connectivity index (χ1n) is 6.81. The van der Waals surface area contributed by atoms with Crippen LogP contribution in [0.2, 0.25) is 0 Å². The van der Waals surface area contributed by atoms with Gasteiger partial charge in [0.15, 0.2) is 0 Å². The Kier molecular flexibility index (Phi) is 3.70. The van der Waals surface area contributed by atoms with E-state index in [0.29, 0.717) is 0 Å². The molecule has 1 unspecified atom stereocenters. The monoisotopic (exact) mass is 263 g/mol. The summed E-state index contributed by atoms with van der Waals surface area (Å²) in [6.45, 7) is 2.94. The van der Waals surface area contributed by atoms with Crippen LogP contribution in [0.4, 0.5) is 0 Å². The van der Waals surface area contributed by atoms with E-state index in [1.807, 2.05) is 42.7 Å². The Morgan fingerprint density at radius 1 is 0.950 bits per heavy atom. The van der Waals surface area contributed by atoms with E-state index in [4.69, 9.17) is 0 Å². The molecule has 0 saturated heterocycles. The lowest BCUT2D eigenvalue weighted by Crippen LogP contribution is -2.19. The van der Waals surface area contributed by atoms with Crippen LogP contribution in [0, 0.1) is 0 Å². The van der Waals surface area contributed by atoms with Crippen molar-refractivity contribution in [3.63, 3.8) is 0 Å². The lowest BCUT2D eigenvalue weighted by Gasteiger charge is -2.14. The Hall–Kier alpha value is -2.26. The van der Waals surface area contributed by atoms with Gasteiger partial charge in [0, 0.05) is 30.4 Å². The lowest BCUT2D eigenvalue weighted by atomic mass is 10.1. The molecule has 0 aliphatic carbocycles. The highest BCUT2D eigenvalue weighted by atomic mass is 14.9. The summed E-state index contributed by atoms with van der Waals surface area (Å²) >= 11 is 0. The van der Waals surface area contributed by atoms with Gasteiger partial charge in [-0.3, -0.25) is 9.97 Å². The molecule has 3 rings (SSSR count). The van der Waals surface area contributed by atoms with Crippen LogP contribution >= 0.6 is 0 Å². The quantitative estimate of drug-likeness (QED) is 0.783. The van der Waals surface area contributed by atoms with Crippen LogP contribution in [0.5, 0.6) is 0 Å². The molecule has 1 aromatic carbocycles. The summed E-state index contributed by atoms with van der Waals surface area (Å²) in [6, 6.07) is 16.5. The number of fused-ring (bicyclic) bond motifs is 1. The maximum atomic E-state index is 4.39. The van der Waals surface area contributed by atoms with Gasteiger partial charge < -0.3 is 5.32 Å². The molecule has 100 valence electrons. The number of para-hydroxylation sites is 1. The summed E-state index contributed by atoms with van der Waals surface area (Å²) in [5.74, 6) is 0. The van der Waals surface area contributed by atoms with Crippen molar-refractivity contribution in [2.24, 2.45) is 0 Å². The number of rotatable bonds is 4. The van der Waals surface area contributed by atoms with Gasteiger partial charge in [0.1, 0.15) is 0 Å². The van der Waals surface area contributed by atoms with E-state index in [1.165, 1.54) is 10.9 Å². The van der Waals surface area contributed by atoms with Crippen molar-refractivity contribution in [2.45, 2.75) is 19.5 Å². The number of nitrogens with zero attached hydrogens (tertiary/aromatic N) is 2. The molecule has 0 spiro atoms. The standard InChI is InChI=1S/C17H17N3/c1-13(16-7-4-5-10-18-16)20-12-14-9-11-19-17-8-3-2-6-15(14)17/h2-11,13,20H,12H2,1H3. The normalized spacial score (nSPS) is 12.4. The Labute approximate surface area is 118 Å². The maximum Gasteiger partial charge on any atom is 0.0705 e. The van der Waals surface area contributed by atoms with E-state index in [-0.39, 0.29) is 6.04 Å². The molecule has 0 bridgehead atoms. The number of pyridine rings is 2. The van der Waals surface area contributed by atoms with Gasteiger partial charge in [0.2, 0.25) is 0 Å². The van der Waals surface area contributed by atoms with Crippen LogP contribution in [0.1, 0.15) is 24.2 Å². The van der Waals surface area contributed by atoms with E-state index in [9.17, 15) is 0 Å². The third-order valence-electron chi connectivity index (χ3n) is 3.47. The molecular formula is C17H17N3. The Morgan fingerprint density at radius 3 is 2.65 bits per heavy atom. The molecule has 3 nitrogen and oxygen atoms in total. The molecule has 0 radical (unpaired) electrons. The number of hydrogen-bond donors (Lipinski definition) is 1. The highest BCUT2D eigenvalue weighted by Gasteiger charge is 2.07. The molecule has 0 amide bonds. The minimum atomic E-state index is 0.225. The molecule has 2 aromatic heterocycles. The van der Waals surface area contributed by atoms with Gasteiger partial charge in [-0.15, -0.1) is 0 Å². The van der Waals surface area contributed by atoms with Gasteiger partial charge in [-0.05, 0) is 36.8 Å². The molecular weight excluding hydrogens is 246 g/mol. The van der Waals surface area contributed by atoms with Crippen LogP contribution < -0.4 is 5.32 Å². The SMILES string of the molecule is CC(NCc1ccnc2ccccc12)c1ccccn1. The molecule has 3 aromatic rings. The number of benzene rings is 1. The Balaban J connectivity index is 1.77. The van der Waals surface area contributed by atoms with Crippen molar-refractivity contribution in [3.8, 4) is 0 Å². The van der Waals surface area contributed by atoms with Gasteiger partial charge in [-0.2, -0.15) is 0 Å². The molecule has 1 N–H and O–H groups in total. The summed E-state index contributed by atoms with van der Waals surface area (Å²) < 4.78 is 0. The fraction of sp³-hybridized carbons (Fsp3) is 0.176. The molecule has 0 fully saturated rings. The maximum absolute atomic E-state index is 4.39. The van der Waals surface area contributed by atoms with Gasteiger partial charge in [-0.1, -0.05) is 24.3 Å². The number of nitrogens with one attached hydrogen (secondary N) is 1. The van der Waals surface area contributed by atoms with Crippen LogP contribution in [0.25, 0.3) is 10.9 Å². The largest absolute Gasteiger partial charge is 0.305 e. The van der Waals surface area contributed by atoms with E-state index in [1.54, 1.807) is 0 Å². The zero-order valence-electron chi connectivity index (χ0n) is 11.5. The van der Waals surface area contributed by atoms with Crippen molar-refractivity contribution >= 4 is 10.9 Å². The van der Waals surface area contributed by atoms with Crippen LogP contribution in [-0.2, 0) is 6.54 Å². The molecule has 20 heavy (non-hydrogen) atoms. The molecule has 2 heterocycles. The summed E-state index contributed by atoms with van der Waals surface area (Å²) in [7, 11) is 0. The van der Waals surface area contributed by atoms with Crippen LogP contribution in [-0.4, -0.2) is 9.97 Å². The van der Waals surface area contributed by atoms with Crippen molar-refractivity contribution in [1.82, 2.24) is 15.3 Å². The van der Waals surface area contributed by atoms with Gasteiger partial charge in [0.25, 0.3) is 0 Å². The van der Waals surface area contributed by atoms with Gasteiger partial charge >= 0.3 is 0 Å². The summed E-state index contributed by atoms with van der Waals surface area (Å²) in [6.07, 6.45) is 3.69. The summed E-state index contributed by atoms with van der Waals surface area (Å²) in [5, 5.41) is 4.72. The molecule has 0 aliphatic heterocycles. The minimum absolute atomic E-state index is 0.225. The average Bonchev–Trinajstić information content (AvgIpc) is 2.53. The van der Waals surface area contributed by atoms with Gasteiger partial charge in [-0.25, -0.2) is 0 Å². The smallest absolute Gasteiger partial charge is 0.0705 e. The summed E-state index contributed by atoms with van der Waals surface area (Å²) in [5.41, 5.74) is 3.36. The van der Waals surface area contributed by atoms with Crippen LogP contribution in [0.15, 0.2) is 60.9 Å². The lowest BCUT2D eigenvalue weighted by molar-refractivity contribution is 0.563. The van der Waals surface area contributed by atoms with Crippen molar-refractivity contribution in [3.05, 3.63) is 72.2 Å². The molecule has 0 aliphatic rings. The van der Waals surface area contributed by atoms with Gasteiger partial charge in [0.05, 0.1) is 11.2 Å². The highest BCUT2D eigenvalue weighted by Crippen LogP contribution is 2.17. The molecule has 3 heteroatoms. The fourth-order valence-electron chi connectivity index (χ4n) is 2.31. The van der Waals surface area contributed by atoms with Crippen molar-refractivity contribution in [1.29, 1.82) is 0 Å². The first-order valence-corrected chi connectivity index (χ1v) is 6.81. The predicted octanol–water partition coefficient (Wildman–Crippen LogP) is 3.48. The predicted molar refractivity (Wildman–Crippen MR) is 81.2 cm³/mol. The second-order valence-corrected chi connectivity index (χ2v) is 4.84.